The summed E-state index contributed by atoms with van der Waals surface area (Å²) in [6.07, 6.45) is 0. The van der Waals surface area contributed by atoms with Crippen LogP contribution in [0.3, 0.4) is 0 Å². The Morgan fingerprint density at radius 2 is 1.67 bits per heavy atom. The Bertz CT molecular complexity index is 1420. The van der Waals surface area contributed by atoms with E-state index in [9.17, 15) is 18.0 Å². The zero-order chi connectivity index (χ0) is 23.4. The smallest absolute Gasteiger partial charge is 0.338 e. The van der Waals surface area contributed by atoms with Gasteiger partial charge in [-0.3, -0.25) is 14.8 Å². The molecule has 4 aromatic rings. The molecular formula is C23H19N3O5S2. The van der Waals surface area contributed by atoms with Crippen molar-refractivity contribution in [2.24, 2.45) is 0 Å². The van der Waals surface area contributed by atoms with Crippen LogP contribution in [-0.4, -0.2) is 31.9 Å². The number of amides is 1. The lowest BCUT2D eigenvalue weighted by Crippen LogP contribution is -2.14. The van der Waals surface area contributed by atoms with E-state index in [1.54, 1.807) is 43.3 Å². The number of esters is 1. The molecule has 1 amide bonds. The summed E-state index contributed by atoms with van der Waals surface area (Å²) in [6, 6.07) is 19.1. The highest BCUT2D eigenvalue weighted by Gasteiger charge is 2.15. The molecule has 0 aliphatic rings. The molecule has 0 fully saturated rings. The third-order valence-electron chi connectivity index (χ3n) is 4.57. The van der Waals surface area contributed by atoms with Gasteiger partial charge in [0, 0.05) is 11.3 Å². The molecule has 33 heavy (non-hydrogen) atoms. The van der Waals surface area contributed by atoms with Crippen LogP contribution in [0.4, 0.5) is 10.8 Å². The van der Waals surface area contributed by atoms with Crippen LogP contribution in [0, 0.1) is 0 Å². The van der Waals surface area contributed by atoms with E-state index in [1.807, 2.05) is 0 Å². The Kier molecular flexibility index (Phi) is 6.38. The van der Waals surface area contributed by atoms with Gasteiger partial charge in [0.15, 0.2) is 5.13 Å². The number of hydrogen-bond acceptors (Lipinski definition) is 7. The zero-order valence-electron chi connectivity index (χ0n) is 17.4. The average Bonchev–Trinajstić information content (AvgIpc) is 3.21. The van der Waals surface area contributed by atoms with Gasteiger partial charge in [0.05, 0.1) is 27.3 Å². The van der Waals surface area contributed by atoms with Crippen LogP contribution in [0.2, 0.25) is 0 Å². The second kappa shape index (κ2) is 9.39. The standard InChI is InChI=1S/C23H19N3O5S2/c1-2-31-22(28)16-10-13-19-20(14-16)32-23(24-19)25-21(27)15-8-11-17(12-9-15)26-33(29,30)18-6-4-3-5-7-18/h3-14,26H,2H2,1H3,(H,24,25,27). The number of ether oxygens (including phenoxy) is 1. The molecule has 0 bridgehead atoms. The van der Waals surface area contributed by atoms with Crippen molar-refractivity contribution in [1.82, 2.24) is 4.98 Å². The number of nitrogens with one attached hydrogen (secondary N) is 2. The molecule has 10 heteroatoms. The van der Waals surface area contributed by atoms with Crippen molar-refractivity contribution < 1.29 is 22.7 Å². The molecule has 0 atom stereocenters. The number of sulfonamides is 1. The molecule has 8 nitrogen and oxygen atoms in total. The van der Waals surface area contributed by atoms with Gasteiger partial charge in [0.1, 0.15) is 0 Å². The van der Waals surface area contributed by atoms with Gasteiger partial charge in [-0.2, -0.15) is 0 Å². The first-order valence-electron chi connectivity index (χ1n) is 9.93. The minimum Gasteiger partial charge on any atom is -0.462 e. The van der Waals surface area contributed by atoms with Crippen molar-refractivity contribution in [3.8, 4) is 0 Å². The van der Waals surface area contributed by atoms with E-state index >= 15 is 0 Å². The van der Waals surface area contributed by atoms with Gasteiger partial charge in [-0.05, 0) is 61.5 Å². The molecule has 1 aromatic heterocycles. The number of benzene rings is 3. The van der Waals surface area contributed by atoms with Crippen molar-refractivity contribution in [3.05, 3.63) is 83.9 Å². The fraction of sp³-hybridized carbons (Fsp3) is 0.0870. The van der Waals surface area contributed by atoms with Gasteiger partial charge in [0.25, 0.3) is 15.9 Å². The van der Waals surface area contributed by atoms with Gasteiger partial charge in [-0.25, -0.2) is 18.2 Å². The predicted molar refractivity (Wildman–Crippen MR) is 127 cm³/mol. The van der Waals surface area contributed by atoms with E-state index in [0.717, 1.165) is 4.70 Å². The SMILES string of the molecule is CCOC(=O)c1ccc2nc(NC(=O)c3ccc(NS(=O)(=O)c4ccccc4)cc3)sc2c1. The first-order valence-corrected chi connectivity index (χ1v) is 12.2. The van der Waals surface area contributed by atoms with Crippen molar-refractivity contribution in [3.63, 3.8) is 0 Å². The van der Waals surface area contributed by atoms with E-state index in [0.29, 0.717) is 27.5 Å². The molecule has 0 aliphatic heterocycles. The summed E-state index contributed by atoms with van der Waals surface area (Å²) in [5, 5.41) is 3.11. The summed E-state index contributed by atoms with van der Waals surface area (Å²) >= 11 is 1.24. The number of aromatic nitrogens is 1. The Balaban J connectivity index is 1.45. The highest BCUT2D eigenvalue weighted by Crippen LogP contribution is 2.27. The average molecular weight is 482 g/mol. The van der Waals surface area contributed by atoms with Crippen LogP contribution >= 0.6 is 11.3 Å². The summed E-state index contributed by atoms with van der Waals surface area (Å²) in [4.78, 5) is 29.0. The van der Waals surface area contributed by atoms with Crippen LogP contribution < -0.4 is 10.0 Å². The van der Waals surface area contributed by atoms with Crippen LogP contribution in [-0.2, 0) is 14.8 Å². The topological polar surface area (TPSA) is 114 Å². The van der Waals surface area contributed by atoms with Crippen molar-refractivity contribution in [2.75, 3.05) is 16.6 Å². The van der Waals surface area contributed by atoms with Crippen LogP contribution in [0.25, 0.3) is 10.2 Å². The minimum atomic E-state index is -3.72. The molecule has 0 unspecified atom stereocenters. The number of carbonyl (C=O) groups is 2. The number of nitrogens with zero attached hydrogens (tertiary/aromatic N) is 1. The van der Waals surface area contributed by atoms with E-state index in [2.05, 4.69) is 15.0 Å². The second-order valence-corrected chi connectivity index (χ2v) is 9.59. The van der Waals surface area contributed by atoms with Gasteiger partial charge in [0.2, 0.25) is 0 Å². The first-order chi connectivity index (χ1) is 15.9. The van der Waals surface area contributed by atoms with Crippen LogP contribution in [0.5, 0.6) is 0 Å². The third-order valence-corrected chi connectivity index (χ3v) is 6.90. The van der Waals surface area contributed by atoms with Crippen LogP contribution in [0.15, 0.2) is 77.7 Å². The molecule has 0 aliphatic carbocycles. The Labute approximate surface area is 194 Å². The maximum absolute atomic E-state index is 12.6. The summed E-state index contributed by atoms with van der Waals surface area (Å²) in [5.74, 6) is -0.807. The maximum atomic E-state index is 12.6. The lowest BCUT2D eigenvalue weighted by molar-refractivity contribution is 0.0526. The number of rotatable bonds is 7. The van der Waals surface area contributed by atoms with Crippen LogP contribution in [0.1, 0.15) is 27.6 Å². The molecule has 1 heterocycles. The lowest BCUT2D eigenvalue weighted by Gasteiger charge is -2.08. The normalized spacial score (nSPS) is 11.2. The lowest BCUT2D eigenvalue weighted by atomic mass is 10.2. The van der Waals surface area contributed by atoms with Gasteiger partial charge in [-0.15, -0.1) is 0 Å². The Hall–Kier alpha value is -3.76. The third kappa shape index (κ3) is 5.18. The van der Waals surface area contributed by atoms with Gasteiger partial charge in [-0.1, -0.05) is 29.5 Å². The second-order valence-electron chi connectivity index (χ2n) is 6.87. The first kappa shape index (κ1) is 22.4. The number of fused-ring (bicyclic) bond motifs is 1. The summed E-state index contributed by atoms with van der Waals surface area (Å²) < 4.78 is 33.1. The summed E-state index contributed by atoms with van der Waals surface area (Å²) in [7, 11) is -3.72. The molecule has 0 radical (unpaired) electrons. The maximum Gasteiger partial charge on any atom is 0.338 e. The Morgan fingerprint density at radius 3 is 2.36 bits per heavy atom. The molecule has 0 spiro atoms. The molecular weight excluding hydrogens is 462 g/mol. The Morgan fingerprint density at radius 1 is 0.970 bits per heavy atom. The molecule has 2 N–H and O–H groups in total. The van der Waals surface area contributed by atoms with E-state index in [4.69, 9.17) is 4.74 Å². The largest absolute Gasteiger partial charge is 0.462 e. The predicted octanol–water partition coefficient (Wildman–Crippen LogP) is 4.53. The van der Waals surface area contributed by atoms with Gasteiger partial charge >= 0.3 is 5.97 Å². The quantitative estimate of drug-likeness (QED) is 0.375. The number of thiazole rings is 1. The van der Waals surface area contributed by atoms with Gasteiger partial charge < -0.3 is 4.74 Å². The fourth-order valence-corrected chi connectivity index (χ4v) is 4.97. The molecule has 0 saturated heterocycles. The molecule has 0 saturated carbocycles. The minimum absolute atomic E-state index is 0.147. The molecule has 3 aromatic carbocycles. The highest BCUT2D eigenvalue weighted by atomic mass is 32.2. The van der Waals surface area contributed by atoms with Crippen molar-refractivity contribution in [2.45, 2.75) is 11.8 Å². The number of hydrogen-bond donors (Lipinski definition) is 2. The van der Waals surface area contributed by atoms with Crippen molar-refractivity contribution in [1.29, 1.82) is 0 Å². The van der Waals surface area contributed by atoms with E-state index < -0.39 is 21.9 Å². The molecule has 4 rings (SSSR count). The van der Waals surface area contributed by atoms with E-state index in [1.165, 1.54) is 47.7 Å². The zero-order valence-corrected chi connectivity index (χ0v) is 19.1. The monoisotopic (exact) mass is 481 g/mol. The van der Waals surface area contributed by atoms with Crippen molar-refractivity contribution >= 4 is 54.3 Å². The van der Waals surface area contributed by atoms with E-state index in [-0.39, 0.29) is 11.5 Å². The summed E-state index contributed by atoms with van der Waals surface area (Å²) in [6.45, 7) is 2.02. The number of carbonyl (C=O) groups excluding carboxylic acids is 2. The summed E-state index contributed by atoms with van der Waals surface area (Å²) in [5.41, 5.74) is 1.74. The number of anilines is 2. The molecule has 168 valence electrons. The fourth-order valence-electron chi connectivity index (χ4n) is 2.99. The highest BCUT2D eigenvalue weighted by molar-refractivity contribution is 7.92.